The maximum Gasteiger partial charge on any atom is 0.317 e. The lowest BCUT2D eigenvalue weighted by molar-refractivity contribution is 0.186. The van der Waals surface area contributed by atoms with Gasteiger partial charge in [-0.1, -0.05) is 23.7 Å². The van der Waals surface area contributed by atoms with Crippen LogP contribution in [0, 0.1) is 6.92 Å². The normalized spacial score (nSPS) is 17.1. The molecule has 0 saturated carbocycles. The first-order valence-electron chi connectivity index (χ1n) is 7.96. The fourth-order valence-electron chi connectivity index (χ4n) is 2.73. The van der Waals surface area contributed by atoms with Crippen molar-refractivity contribution in [3.63, 3.8) is 0 Å². The van der Waals surface area contributed by atoms with Crippen molar-refractivity contribution in [1.82, 2.24) is 20.0 Å². The molecule has 3 rings (SSSR count). The van der Waals surface area contributed by atoms with Gasteiger partial charge in [-0.2, -0.15) is 5.10 Å². The second-order valence-electron chi connectivity index (χ2n) is 5.94. The molecule has 2 aromatic rings. The van der Waals surface area contributed by atoms with Gasteiger partial charge in [-0.25, -0.2) is 4.79 Å². The van der Waals surface area contributed by atoms with Crippen LogP contribution in [0.25, 0.3) is 0 Å². The number of carbonyl (C=O) groups is 1. The molecule has 1 fully saturated rings. The third kappa shape index (κ3) is 3.64. The fourth-order valence-corrected chi connectivity index (χ4v) is 2.91. The van der Waals surface area contributed by atoms with Crippen molar-refractivity contribution >= 4 is 17.6 Å². The topological polar surface area (TPSA) is 59.4 Å². The lowest BCUT2D eigenvalue weighted by Gasteiger charge is -2.18. The largest absolute Gasteiger partial charge is 0.487 e. The van der Waals surface area contributed by atoms with Crippen LogP contribution in [-0.4, -0.2) is 39.9 Å². The van der Waals surface area contributed by atoms with Crippen LogP contribution in [0.3, 0.4) is 0 Å². The summed E-state index contributed by atoms with van der Waals surface area (Å²) >= 11 is 6.11. The van der Waals surface area contributed by atoms with Gasteiger partial charge in [0.15, 0.2) is 0 Å². The Morgan fingerprint density at radius 1 is 1.46 bits per heavy atom. The first-order chi connectivity index (χ1) is 11.5. The molecule has 7 heteroatoms. The second-order valence-corrected chi connectivity index (χ2v) is 6.35. The first-order valence-corrected chi connectivity index (χ1v) is 8.34. The first kappa shape index (κ1) is 16.6. The predicted octanol–water partition coefficient (Wildman–Crippen LogP) is 2.74. The number of ether oxygens (including phenoxy) is 1. The average molecular weight is 349 g/mol. The molecule has 0 unspecified atom stereocenters. The van der Waals surface area contributed by atoms with Gasteiger partial charge in [0, 0.05) is 37.8 Å². The van der Waals surface area contributed by atoms with Gasteiger partial charge in [0.05, 0.1) is 17.8 Å². The Balaban J connectivity index is 1.51. The number of hydrogen-bond acceptors (Lipinski definition) is 3. The highest BCUT2D eigenvalue weighted by molar-refractivity contribution is 6.32. The van der Waals surface area contributed by atoms with E-state index in [2.05, 4.69) is 10.4 Å². The number of rotatable bonds is 4. The van der Waals surface area contributed by atoms with Crippen LogP contribution in [-0.2, 0) is 13.6 Å². The number of hydrogen-bond donors (Lipinski definition) is 1. The predicted molar refractivity (Wildman–Crippen MR) is 92.2 cm³/mol. The van der Waals surface area contributed by atoms with Crippen molar-refractivity contribution in [1.29, 1.82) is 0 Å². The van der Waals surface area contributed by atoms with Gasteiger partial charge in [0.1, 0.15) is 11.9 Å². The maximum absolute atomic E-state index is 12.3. The minimum Gasteiger partial charge on any atom is -0.487 e. The summed E-state index contributed by atoms with van der Waals surface area (Å²) in [7, 11) is 1.89. The number of para-hydroxylation sites is 1. The molecule has 1 atom stereocenters. The number of urea groups is 1. The van der Waals surface area contributed by atoms with Crippen molar-refractivity contribution in [3.8, 4) is 5.75 Å². The van der Waals surface area contributed by atoms with E-state index < -0.39 is 0 Å². The van der Waals surface area contributed by atoms with E-state index in [-0.39, 0.29) is 12.1 Å². The smallest absolute Gasteiger partial charge is 0.317 e. The Morgan fingerprint density at radius 2 is 2.25 bits per heavy atom. The van der Waals surface area contributed by atoms with E-state index in [9.17, 15) is 4.79 Å². The third-order valence-corrected chi connectivity index (χ3v) is 4.64. The van der Waals surface area contributed by atoms with E-state index in [1.54, 1.807) is 21.8 Å². The molecule has 1 saturated heterocycles. The molecule has 1 aliphatic heterocycles. The average Bonchev–Trinajstić information content (AvgIpc) is 3.16. The zero-order valence-corrected chi connectivity index (χ0v) is 14.6. The summed E-state index contributed by atoms with van der Waals surface area (Å²) in [6.45, 7) is 3.69. The highest BCUT2D eigenvalue weighted by Crippen LogP contribution is 2.26. The Kier molecular flexibility index (Phi) is 4.94. The molecule has 1 aromatic heterocycles. The molecule has 2 amide bonds. The molecule has 1 aromatic carbocycles. The van der Waals surface area contributed by atoms with E-state index in [1.165, 1.54) is 0 Å². The van der Waals surface area contributed by atoms with Crippen LogP contribution in [0.1, 0.15) is 17.7 Å². The van der Waals surface area contributed by atoms with Gasteiger partial charge in [-0.05, 0) is 19.1 Å². The molecule has 0 radical (unpaired) electrons. The number of nitrogens with zero attached hydrogens (tertiary/aromatic N) is 3. The molecule has 24 heavy (non-hydrogen) atoms. The zero-order valence-electron chi connectivity index (χ0n) is 13.8. The quantitative estimate of drug-likeness (QED) is 0.924. The van der Waals surface area contributed by atoms with Crippen LogP contribution in [0.5, 0.6) is 5.75 Å². The lowest BCUT2D eigenvalue weighted by atomic mass is 10.2. The number of likely N-dealkylation sites (tertiary alicyclic amines) is 1. The standard InChI is InChI=1S/C17H21ClN4O2/c1-12-13(10-20-21(12)2)9-19-17(23)22-8-7-14(11-22)24-16-6-4-3-5-15(16)18/h3-6,10,14H,7-9,11H2,1-2H3,(H,19,23)/t14-/m0/s1. The molecular weight excluding hydrogens is 328 g/mol. The zero-order chi connectivity index (χ0) is 17.1. The van der Waals surface area contributed by atoms with Crippen LogP contribution in [0.15, 0.2) is 30.5 Å². The van der Waals surface area contributed by atoms with E-state index in [0.29, 0.717) is 30.4 Å². The summed E-state index contributed by atoms with van der Waals surface area (Å²) in [6, 6.07) is 7.31. The van der Waals surface area contributed by atoms with Gasteiger partial charge >= 0.3 is 6.03 Å². The minimum absolute atomic E-state index is 0.0317. The molecule has 6 nitrogen and oxygen atoms in total. The van der Waals surface area contributed by atoms with E-state index in [0.717, 1.165) is 17.7 Å². The Hall–Kier alpha value is -2.21. The number of amides is 2. The summed E-state index contributed by atoms with van der Waals surface area (Å²) < 4.78 is 7.70. The van der Waals surface area contributed by atoms with Crippen molar-refractivity contribution < 1.29 is 9.53 Å². The molecular formula is C17H21ClN4O2. The van der Waals surface area contributed by atoms with Crippen LogP contribution in [0.2, 0.25) is 5.02 Å². The second kappa shape index (κ2) is 7.13. The fraction of sp³-hybridized carbons (Fsp3) is 0.412. The van der Waals surface area contributed by atoms with Crippen LogP contribution < -0.4 is 10.1 Å². The molecule has 128 valence electrons. The van der Waals surface area contributed by atoms with Gasteiger partial charge in [0.25, 0.3) is 0 Å². The summed E-state index contributed by atoms with van der Waals surface area (Å²) in [6.07, 6.45) is 2.55. The number of carbonyl (C=O) groups excluding carboxylic acids is 1. The van der Waals surface area contributed by atoms with Gasteiger partial charge in [-0.3, -0.25) is 4.68 Å². The Bertz CT molecular complexity index is 731. The van der Waals surface area contributed by atoms with Crippen molar-refractivity contribution in [2.24, 2.45) is 7.05 Å². The molecule has 0 aliphatic carbocycles. The number of aromatic nitrogens is 2. The Morgan fingerprint density at radius 3 is 2.96 bits per heavy atom. The van der Waals surface area contributed by atoms with Gasteiger partial charge < -0.3 is 15.0 Å². The van der Waals surface area contributed by atoms with Crippen molar-refractivity contribution in [2.75, 3.05) is 13.1 Å². The van der Waals surface area contributed by atoms with Crippen molar-refractivity contribution in [2.45, 2.75) is 26.0 Å². The molecule has 2 heterocycles. The number of halogens is 1. The highest BCUT2D eigenvalue weighted by Gasteiger charge is 2.28. The van der Waals surface area contributed by atoms with Crippen molar-refractivity contribution in [3.05, 3.63) is 46.7 Å². The summed E-state index contributed by atoms with van der Waals surface area (Å²) in [4.78, 5) is 14.1. The Labute approximate surface area is 146 Å². The number of nitrogens with one attached hydrogen (secondary N) is 1. The lowest BCUT2D eigenvalue weighted by Crippen LogP contribution is -2.39. The monoisotopic (exact) mass is 348 g/mol. The molecule has 1 N–H and O–H groups in total. The molecule has 1 aliphatic rings. The van der Waals surface area contributed by atoms with Gasteiger partial charge in [-0.15, -0.1) is 0 Å². The number of aryl methyl sites for hydroxylation is 1. The summed E-state index contributed by atoms with van der Waals surface area (Å²) in [5.41, 5.74) is 2.07. The van der Waals surface area contributed by atoms with Gasteiger partial charge in [0.2, 0.25) is 0 Å². The SMILES string of the molecule is Cc1c(CNC(=O)N2CC[C@H](Oc3ccccc3Cl)C2)cnn1C. The van der Waals surface area contributed by atoms with Crippen LogP contribution >= 0.6 is 11.6 Å². The summed E-state index contributed by atoms with van der Waals surface area (Å²) in [5, 5.41) is 7.71. The van der Waals surface area contributed by atoms with E-state index in [1.807, 2.05) is 32.2 Å². The molecule has 0 bridgehead atoms. The van der Waals surface area contributed by atoms with Crippen LogP contribution in [0.4, 0.5) is 4.79 Å². The number of benzene rings is 1. The van der Waals surface area contributed by atoms with E-state index >= 15 is 0 Å². The highest BCUT2D eigenvalue weighted by atomic mass is 35.5. The maximum atomic E-state index is 12.3. The summed E-state index contributed by atoms with van der Waals surface area (Å²) in [5.74, 6) is 0.664. The third-order valence-electron chi connectivity index (χ3n) is 4.33. The molecule has 0 spiro atoms. The van der Waals surface area contributed by atoms with E-state index in [4.69, 9.17) is 16.3 Å². The minimum atomic E-state index is -0.0801.